The first-order valence-electron chi connectivity index (χ1n) is 6.18. The SMILES string of the molecule is CC(C)=CCC[C@@H](C)C1=CC(=O)C(C)=C(O)C1=O. The van der Waals surface area contributed by atoms with Crippen LogP contribution in [0.15, 0.2) is 34.6 Å². The number of ketones is 2. The molecule has 1 aliphatic rings. The molecule has 0 aliphatic heterocycles. The number of aliphatic hydroxyl groups excluding tert-OH is 1. The Kier molecular flexibility index (Phi) is 4.65. The molecule has 0 aromatic carbocycles. The second kappa shape index (κ2) is 5.80. The lowest BCUT2D eigenvalue weighted by atomic mass is 9.86. The number of allylic oxidation sites excluding steroid dienone is 5. The Morgan fingerprint density at radius 3 is 2.56 bits per heavy atom. The second-order valence-electron chi connectivity index (χ2n) is 5.03. The molecule has 0 fully saturated rings. The fourth-order valence-corrected chi connectivity index (χ4v) is 1.88. The summed E-state index contributed by atoms with van der Waals surface area (Å²) < 4.78 is 0. The molecule has 0 bridgehead atoms. The highest BCUT2D eigenvalue weighted by Gasteiger charge is 2.28. The topological polar surface area (TPSA) is 54.4 Å². The van der Waals surface area contributed by atoms with E-state index in [0.29, 0.717) is 5.57 Å². The van der Waals surface area contributed by atoms with E-state index in [2.05, 4.69) is 6.08 Å². The first kappa shape index (κ1) is 14.4. The van der Waals surface area contributed by atoms with Crippen molar-refractivity contribution in [2.45, 2.75) is 40.5 Å². The summed E-state index contributed by atoms with van der Waals surface area (Å²) in [5.74, 6) is -1.09. The van der Waals surface area contributed by atoms with Gasteiger partial charge in [0.25, 0.3) is 0 Å². The van der Waals surface area contributed by atoms with E-state index in [-0.39, 0.29) is 17.3 Å². The molecule has 0 heterocycles. The summed E-state index contributed by atoms with van der Waals surface area (Å²) in [5.41, 5.74) is 1.80. The Balaban J connectivity index is 2.79. The van der Waals surface area contributed by atoms with Crippen LogP contribution in [-0.4, -0.2) is 16.7 Å². The fourth-order valence-electron chi connectivity index (χ4n) is 1.88. The van der Waals surface area contributed by atoms with E-state index < -0.39 is 11.5 Å². The molecule has 0 radical (unpaired) electrons. The third kappa shape index (κ3) is 3.19. The van der Waals surface area contributed by atoms with Gasteiger partial charge in [-0.3, -0.25) is 9.59 Å². The number of hydrogen-bond acceptors (Lipinski definition) is 3. The quantitative estimate of drug-likeness (QED) is 0.613. The van der Waals surface area contributed by atoms with Crippen LogP contribution in [0.4, 0.5) is 0 Å². The van der Waals surface area contributed by atoms with Gasteiger partial charge in [0.1, 0.15) is 0 Å². The maximum Gasteiger partial charge on any atom is 0.224 e. The molecule has 0 saturated carbocycles. The lowest BCUT2D eigenvalue weighted by Gasteiger charge is -2.18. The Morgan fingerprint density at radius 2 is 2.00 bits per heavy atom. The average molecular weight is 248 g/mol. The highest BCUT2D eigenvalue weighted by molar-refractivity contribution is 6.21. The molecule has 0 unspecified atom stereocenters. The maximum atomic E-state index is 11.9. The fraction of sp³-hybridized carbons (Fsp3) is 0.467. The minimum Gasteiger partial charge on any atom is -0.504 e. The van der Waals surface area contributed by atoms with E-state index in [1.807, 2.05) is 20.8 Å². The van der Waals surface area contributed by atoms with E-state index in [1.165, 1.54) is 18.6 Å². The van der Waals surface area contributed by atoms with Crippen LogP contribution in [-0.2, 0) is 9.59 Å². The van der Waals surface area contributed by atoms with Gasteiger partial charge in [-0.05, 0) is 45.6 Å². The smallest absolute Gasteiger partial charge is 0.224 e. The molecule has 18 heavy (non-hydrogen) atoms. The van der Waals surface area contributed by atoms with Gasteiger partial charge >= 0.3 is 0 Å². The molecule has 98 valence electrons. The zero-order valence-electron chi connectivity index (χ0n) is 11.4. The van der Waals surface area contributed by atoms with Gasteiger partial charge in [-0.2, -0.15) is 0 Å². The molecule has 1 atom stereocenters. The summed E-state index contributed by atoms with van der Waals surface area (Å²) in [6.45, 7) is 7.43. The normalized spacial score (nSPS) is 17.7. The highest BCUT2D eigenvalue weighted by atomic mass is 16.3. The van der Waals surface area contributed by atoms with Gasteiger partial charge < -0.3 is 5.11 Å². The van der Waals surface area contributed by atoms with Crippen molar-refractivity contribution in [3.63, 3.8) is 0 Å². The van der Waals surface area contributed by atoms with Crippen molar-refractivity contribution in [2.24, 2.45) is 5.92 Å². The van der Waals surface area contributed by atoms with Gasteiger partial charge in [0.15, 0.2) is 11.5 Å². The predicted octanol–water partition coefficient (Wildman–Crippen LogP) is 3.28. The van der Waals surface area contributed by atoms with Crippen LogP contribution in [0.25, 0.3) is 0 Å². The molecule has 3 heteroatoms. The summed E-state index contributed by atoms with van der Waals surface area (Å²) >= 11 is 0. The summed E-state index contributed by atoms with van der Waals surface area (Å²) in [5, 5.41) is 9.61. The lowest BCUT2D eigenvalue weighted by Crippen LogP contribution is -2.21. The van der Waals surface area contributed by atoms with E-state index >= 15 is 0 Å². The van der Waals surface area contributed by atoms with E-state index in [1.54, 1.807) is 0 Å². The van der Waals surface area contributed by atoms with Crippen molar-refractivity contribution in [1.29, 1.82) is 0 Å². The Bertz CT molecular complexity index is 460. The van der Waals surface area contributed by atoms with Crippen molar-refractivity contribution in [2.75, 3.05) is 0 Å². The van der Waals surface area contributed by atoms with Gasteiger partial charge in [0.2, 0.25) is 5.78 Å². The molecule has 0 aromatic rings. The van der Waals surface area contributed by atoms with Gasteiger partial charge in [-0.25, -0.2) is 0 Å². The van der Waals surface area contributed by atoms with Gasteiger partial charge in [-0.1, -0.05) is 18.6 Å². The number of hydrogen-bond donors (Lipinski definition) is 1. The number of rotatable bonds is 4. The van der Waals surface area contributed by atoms with Gasteiger partial charge in [0.05, 0.1) is 0 Å². The van der Waals surface area contributed by atoms with Gasteiger partial charge in [-0.15, -0.1) is 0 Å². The van der Waals surface area contributed by atoms with Crippen LogP contribution in [0.3, 0.4) is 0 Å². The predicted molar refractivity (Wildman–Crippen MR) is 71.3 cm³/mol. The molecule has 0 amide bonds. The number of carbonyl (C=O) groups is 2. The van der Waals surface area contributed by atoms with Crippen molar-refractivity contribution >= 4 is 11.6 Å². The van der Waals surface area contributed by atoms with E-state index in [4.69, 9.17) is 0 Å². The van der Waals surface area contributed by atoms with Crippen LogP contribution in [0.5, 0.6) is 0 Å². The summed E-state index contributed by atoms with van der Waals surface area (Å²) in [4.78, 5) is 23.5. The van der Waals surface area contributed by atoms with Crippen molar-refractivity contribution < 1.29 is 14.7 Å². The van der Waals surface area contributed by atoms with Crippen LogP contribution >= 0.6 is 0 Å². The zero-order chi connectivity index (χ0) is 13.9. The monoisotopic (exact) mass is 248 g/mol. The second-order valence-corrected chi connectivity index (χ2v) is 5.03. The summed E-state index contributed by atoms with van der Waals surface area (Å²) in [6, 6.07) is 0. The molecule has 1 N–H and O–H groups in total. The Morgan fingerprint density at radius 1 is 1.39 bits per heavy atom. The highest BCUT2D eigenvalue weighted by Crippen LogP contribution is 2.25. The molecule has 3 nitrogen and oxygen atoms in total. The first-order chi connectivity index (χ1) is 8.34. The lowest BCUT2D eigenvalue weighted by molar-refractivity contribution is -0.118. The molecule has 0 aromatic heterocycles. The van der Waals surface area contributed by atoms with E-state index in [9.17, 15) is 14.7 Å². The van der Waals surface area contributed by atoms with Crippen molar-refractivity contribution in [3.05, 3.63) is 34.6 Å². The van der Waals surface area contributed by atoms with Crippen molar-refractivity contribution in [3.8, 4) is 0 Å². The molecule has 0 spiro atoms. The average Bonchev–Trinajstić information content (AvgIpc) is 2.30. The Hall–Kier alpha value is -1.64. The van der Waals surface area contributed by atoms with Crippen LogP contribution < -0.4 is 0 Å². The Labute approximate surface area is 108 Å². The van der Waals surface area contributed by atoms with Crippen LogP contribution in [0, 0.1) is 5.92 Å². The number of Topliss-reactive ketones (excluding diaryl/α,β-unsaturated/α-hetero) is 1. The minimum atomic E-state index is -0.406. The standard InChI is InChI=1S/C15H20O3/c1-9(2)6-5-7-10(3)12-8-13(16)11(4)14(17)15(12)18/h6,8,10,17H,5,7H2,1-4H3/t10-/m1/s1. The first-order valence-corrected chi connectivity index (χ1v) is 6.18. The molecule has 1 rings (SSSR count). The van der Waals surface area contributed by atoms with E-state index in [0.717, 1.165) is 12.8 Å². The minimum absolute atomic E-state index is 0.0210. The molecular weight excluding hydrogens is 228 g/mol. The van der Waals surface area contributed by atoms with Gasteiger partial charge in [0, 0.05) is 11.1 Å². The largest absolute Gasteiger partial charge is 0.504 e. The number of aliphatic hydroxyl groups is 1. The molecule has 0 saturated heterocycles. The van der Waals surface area contributed by atoms with Crippen LogP contribution in [0.2, 0.25) is 0 Å². The van der Waals surface area contributed by atoms with Crippen molar-refractivity contribution in [1.82, 2.24) is 0 Å². The summed E-state index contributed by atoms with van der Waals surface area (Å²) in [6.07, 6.45) is 5.13. The molecular formula is C15H20O3. The number of carbonyl (C=O) groups excluding carboxylic acids is 2. The zero-order valence-corrected chi connectivity index (χ0v) is 11.4. The molecule has 1 aliphatic carbocycles. The third-order valence-electron chi connectivity index (χ3n) is 3.17. The maximum absolute atomic E-state index is 11.9. The van der Waals surface area contributed by atoms with Crippen LogP contribution in [0.1, 0.15) is 40.5 Å². The summed E-state index contributed by atoms with van der Waals surface area (Å²) in [7, 11) is 0. The third-order valence-corrected chi connectivity index (χ3v) is 3.17.